The molecule has 0 aliphatic carbocycles. The molecule has 0 aliphatic rings. The smallest absolute Gasteiger partial charge is 0.223 e. The number of phenolic OH excluding ortho intramolecular Hbond substituents is 2. The zero-order chi connectivity index (χ0) is 17.9. The van der Waals surface area contributed by atoms with E-state index in [1.165, 1.54) is 17.7 Å². The van der Waals surface area contributed by atoms with Gasteiger partial charge in [-0.3, -0.25) is 9.48 Å². The van der Waals surface area contributed by atoms with Crippen LogP contribution in [0.2, 0.25) is 0 Å². The molecular formula is C18H25N3O3. The van der Waals surface area contributed by atoms with E-state index in [0.29, 0.717) is 13.0 Å². The summed E-state index contributed by atoms with van der Waals surface area (Å²) in [5.41, 5.74) is 4.10. The number of carbonyl (C=O) groups excluding carboxylic acids is 1. The van der Waals surface area contributed by atoms with Crippen LogP contribution >= 0.6 is 0 Å². The summed E-state index contributed by atoms with van der Waals surface area (Å²) in [5, 5.41) is 26.2. The van der Waals surface area contributed by atoms with Crippen molar-refractivity contribution in [2.75, 3.05) is 6.54 Å². The van der Waals surface area contributed by atoms with Crippen molar-refractivity contribution in [1.29, 1.82) is 0 Å². The summed E-state index contributed by atoms with van der Waals surface area (Å²) >= 11 is 0. The largest absolute Gasteiger partial charge is 0.504 e. The lowest BCUT2D eigenvalue weighted by molar-refractivity contribution is -0.124. The Morgan fingerprint density at radius 1 is 1.29 bits per heavy atom. The fourth-order valence-electron chi connectivity index (χ4n) is 2.81. The van der Waals surface area contributed by atoms with Gasteiger partial charge in [-0.2, -0.15) is 5.10 Å². The molecule has 1 unspecified atom stereocenters. The zero-order valence-corrected chi connectivity index (χ0v) is 14.6. The molecule has 0 saturated heterocycles. The fraction of sp³-hybridized carbons (Fsp3) is 0.444. The van der Waals surface area contributed by atoms with E-state index < -0.39 is 0 Å². The molecule has 0 radical (unpaired) electrons. The highest BCUT2D eigenvalue weighted by Crippen LogP contribution is 2.26. The van der Waals surface area contributed by atoms with E-state index in [9.17, 15) is 15.0 Å². The predicted molar refractivity (Wildman–Crippen MR) is 92.0 cm³/mol. The second-order valence-electron chi connectivity index (χ2n) is 6.24. The molecule has 130 valence electrons. The minimum Gasteiger partial charge on any atom is -0.504 e. The number of carbonyl (C=O) groups is 1. The number of hydrogen-bond acceptors (Lipinski definition) is 4. The van der Waals surface area contributed by atoms with Gasteiger partial charge in [-0.25, -0.2) is 0 Å². The summed E-state index contributed by atoms with van der Waals surface area (Å²) in [4.78, 5) is 12.2. The summed E-state index contributed by atoms with van der Waals surface area (Å²) in [6.45, 7) is 6.42. The second-order valence-corrected chi connectivity index (χ2v) is 6.24. The number of phenols is 2. The Hall–Kier alpha value is -2.50. The molecule has 6 nitrogen and oxygen atoms in total. The molecule has 2 rings (SSSR count). The second kappa shape index (κ2) is 7.38. The molecule has 3 N–H and O–H groups in total. The normalized spacial score (nSPS) is 12.2. The van der Waals surface area contributed by atoms with Gasteiger partial charge in [0, 0.05) is 25.2 Å². The number of nitrogens with zero attached hydrogens (tertiary/aromatic N) is 2. The molecule has 24 heavy (non-hydrogen) atoms. The van der Waals surface area contributed by atoms with Crippen LogP contribution in [-0.2, 0) is 24.7 Å². The van der Waals surface area contributed by atoms with Crippen LogP contribution in [0.5, 0.6) is 11.5 Å². The molecule has 6 heteroatoms. The highest BCUT2D eigenvalue weighted by molar-refractivity contribution is 5.78. The molecule has 0 fully saturated rings. The first-order valence-electron chi connectivity index (χ1n) is 8.07. The number of aromatic hydroxyl groups is 2. The van der Waals surface area contributed by atoms with Crippen LogP contribution in [0.4, 0.5) is 0 Å². The molecule has 0 bridgehead atoms. The quantitative estimate of drug-likeness (QED) is 0.706. The van der Waals surface area contributed by atoms with Crippen molar-refractivity contribution in [2.24, 2.45) is 13.0 Å². The number of aromatic nitrogens is 2. The molecule has 1 amide bonds. The summed E-state index contributed by atoms with van der Waals surface area (Å²) in [5.74, 6) is -0.563. The number of rotatable bonds is 6. The molecule has 0 aliphatic heterocycles. The summed E-state index contributed by atoms with van der Waals surface area (Å²) < 4.78 is 1.85. The lowest BCUT2D eigenvalue weighted by Crippen LogP contribution is -2.32. The Balaban J connectivity index is 1.86. The van der Waals surface area contributed by atoms with Crippen LogP contribution in [0.1, 0.15) is 29.4 Å². The predicted octanol–water partition coefficient (Wildman–Crippen LogP) is 1.99. The van der Waals surface area contributed by atoms with Crippen molar-refractivity contribution in [2.45, 2.75) is 33.6 Å². The third kappa shape index (κ3) is 4.07. The zero-order valence-electron chi connectivity index (χ0n) is 14.6. The monoisotopic (exact) mass is 331 g/mol. The first kappa shape index (κ1) is 17.8. The van der Waals surface area contributed by atoms with Gasteiger partial charge in [0.25, 0.3) is 0 Å². The van der Waals surface area contributed by atoms with Crippen molar-refractivity contribution in [3.05, 3.63) is 40.7 Å². The van der Waals surface area contributed by atoms with E-state index in [2.05, 4.69) is 10.4 Å². The summed E-state index contributed by atoms with van der Waals surface area (Å²) in [6, 6.07) is 4.63. The highest BCUT2D eigenvalue weighted by atomic mass is 16.3. The van der Waals surface area contributed by atoms with Crippen molar-refractivity contribution >= 4 is 5.91 Å². The molecular weight excluding hydrogens is 306 g/mol. The van der Waals surface area contributed by atoms with Gasteiger partial charge in [-0.1, -0.05) is 13.0 Å². The topological polar surface area (TPSA) is 87.4 Å². The van der Waals surface area contributed by atoms with Crippen LogP contribution in [-0.4, -0.2) is 32.4 Å². The summed E-state index contributed by atoms with van der Waals surface area (Å²) in [6.07, 6.45) is 1.26. The minimum absolute atomic E-state index is 0.0261. The van der Waals surface area contributed by atoms with Gasteiger partial charge in [-0.05, 0) is 49.9 Å². The molecule has 1 aromatic heterocycles. The van der Waals surface area contributed by atoms with E-state index in [1.54, 1.807) is 6.07 Å². The molecule has 0 saturated carbocycles. The lowest BCUT2D eigenvalue weighted by Gasteiger charge is -2.13. The Morgan fingerprint density at radius 3 is 2.58 bits per heavy atom. The van der Waals surface area contributed by atoms with Crippen LogP contribution in [0.25, 0.3) is 0 Å². The van der Waals surface area contributed by atoms with Gasteiger partial charge in [0.15, 0.2) is 11.5 Å². The van der Waals surface area contributed by atoms with Crippen LogP contribution in [0, 0.1) is 19.8 Å². The third-order valence-electron chi connectivity index (χ3n) is 4.36. The fourth-order valence-corrected chi connectivity index (χ4v) is 2.81. The van der Waals surface area contributed by atoms with Crippen LogP contribution < -0.4 is 5.32 Å². The van der Waals surface area contributed by atoms with E-state index in [4.69, 9.17) is 0 Å². The maximum Gasteiger partial charge on any atom is 0.223 e. The van der Waals surface area contributed by atoms with Gasteiger partial charge >= 0.3 is 0 Å². The van der Waals surface area contributed by atoms with Gasteiger partial charge in [0.05, 0.1) is 5.69 Å². The average molecular weight is 331 g/mol. The van der Waals surface area contributed by atoms with Crippen molar-refractivity contribution in [1.82, 2.24) is 15.1 Å². The number of nitrogens with one attached hydrogen (secondary N) is 1. The molecule has 0 spiro atoms. The first-order valence-corrected chi connectivity index (χ1v) is 8.07. The SMILES string of the molecule is Cc1nn(C)c(C)c1CCNC(=O)C(C)Cc1ccc(O)c(O)c1. The van der Waals surface area contributed by atoms with E-state index >= 15 is 0 Å². The Labute approximate surface area is 142 Å². The van der Waals surface area contributed by atoms with Gasteiger partial charge < -0.3 is 15.5 Å². The standard InChI is InChI=1S/C18H25N3O3/c1-11(9-14-5-6-16(22)17(23)10-14)18(24)19-8-7-15-12(2)20-21(4)13(15)3/h5-6,10-11,22-23H,7-9H2,1-4H3,(H,19,24). The summed E-state index contributed by atoms with van der Waals surface area (Å²) in [7, 11) is 1.92. The number of aryl methyl sites for hydroxylation is 2. The molecule has 2 aromatic rings. The average Bonchev–Trinajstić information content (AvgIpc) is 2.76. The van der Waals surface area contributed by atoms with Gasteiger partial charge in [0.2, 0.25) is 5.91 Å². The van der Waals surface area contributed by atoms with Gasteiger partial charge in [-0.15, -0.1) is 0 Å². The van der Waals surface area contributed by atoms with E-state index in [-0.39, 0.29) is 23.3 Å². The van der Waals surface area contributed by atoms with Crippen molar-refractivity contribution in [3.8, 4) is 11.5 Å². The molecule has 1 atom stereocenters. The lowest BCUT2D eigenvalue weighted by atomic mass is 10.00. The van der Waals surface area contributed by atoms with E-state index in [0.717, 1.165) is 23.4 Å². The first-order chi connectivity index (χ1) is 11.3. The maximum atomic E-state index is 12.2. The number of amides is 1. The van der Waals surface area contributed by atoms with Gasteiger partial charge in [0.1, 0.15) is 0 Å². The number of hydrogen-bond donors (Lipinski definition) is 3. The minimum atomic E-state index is -0.218. The third-order valence-corrected chi connectivity index (χ3v) is 4.36. The Morgan fingerprint density at radius 2 is 2.00 bits per heavy atom. The number of benzene rings is 1. The van der Waals surface area contributed by atoms with Crippen LogP contribution in [0.15, 0.2) is 18.2 Å². The van der Waals surface area contributed by atoms with Crippen molar-refractivity contribution < 1.29 is 15.0 Å². The molecule has 1 heterocycles. The van der Waals surface area contributed by atoms with Crippen molar-refractivity contribution in [3.63, 3.8) is 0 Å². The maximum absolute atomic E-state index is 12.2. The Kier molecular flexibility index (Phi) is 5.49. The van der Waals surface area contributed by atoms with Crippen LogP contribution in [0.3, 0.4) is 0 Å². The molecule has 1 aromatic carbocycles. The highest BCUT2D eigenvalue weighted by Gasteiger charge is 2.15. The van der Waals surface area contributed by atoms with E-state index in [1.807, 2.05) is 32.5 Å². The Bertz CT molecular complexity index is 737.